The summed E-state index contributed by atoms with van der Waals surface area (Å²) in [5.41, 5.74) is 2.22. The summed E-state index contributed by atoms with van der Waals surface area (Å²) in [6.07, 6.45) is 0. The van der Waals surface area contributed by atoms with Crippen molar-refractivity contribution in [3.05, 3.63) is 80.3 Å². The van der Waals surface area contributed by atoms with Gasteiger partial charge in [0.2, 0.25) is 5.13 Å². The van der Waals surface area contributed by atoms with Crippen LogP contribution >= 0.6 is 27.3 Å². The number of carbonyl (C=O) groups excluding carboxylic acids is 2. The highest BCUT2D eigenvalue weighted by Crippen LogP contribution is 2.43. The van der Waals surface area contributed by atoms with Gasteiger partial charge in [0.1, 0.15) is 10.8 Å². The second-order valence-corrected chi connectivity index (χ2v) is 8.77. The summed E-state index contributed by atoms with van der Waals surface area (Å²) < 4.78 is 0.864. The minimum atomic E-state index is -0.795. The first-order chi connectivity index (χ1) is 13.9. The molecule has 6 nitrogen and oxygen atoms in total. The van der Waals surface area contributed by atoms with Crippen molar-refractivity contribution in [2.75, 3.05) is 4.90 Å². The van der Waals surface area contributed by atoms with E-state index in [1.807, 2.05) is 43.3 Å². The first-order valence-electron chi connectivity index (χ1n) is 8.80. The highest BCUT2D eigenvalue weighted by Gasteiger charge is 2.48. The van der Waals surface area contributed by atoms with Crippen LogP contribution in [-0.2, 0) is 9.59 Å². The number of amides is 1. The number of halogens is 1. The van der Waals surface area contributed by atoms with Crippen molar-refractivity contribution in [1.82, 2.24) is 10.2 Å². The van der Waals surface area contributed by atoms with Crippen LogP contribution in [0.2, 0.25) is 0 Å². The molecule has 1 fully saturated rings. The molecule has 1 unspecified atom stereocenters. The van der Waals surface area contributed by atoms with E-state index in [4.69, 9.17) is 0 Å². The molecule has 0 spiro atoms. The molecule has 1 N–H and O–H groups in total. The van der Waals surface area contributed by atoms with Crippen LogP contribution in [-0.4, -0.2) is 27.0 Å². The van der Waals surface area contributed by atoms with Gasteiger partial charge in [-0.1, -0.05) is 69.2 Å². The molecular formula is C21H16BrN3O3S. The van der Waals surface area contributed by atoms with Crippen LogP contribution < -0.4 is 4.90 Å². The lowest BCUT2D eigenvalue weighted by Gasteiger charge is -2.22. The van der Waals surface area contributed by atoms with Crippen LogP contribution in [0.3, 0.4) is 0 Å². The largest absolute Gasteiger partial charge is 0.507 e. The molecule has 8 heteroatoms. The number of benzene rings is 2. The minimum absolute atomic E-state index is 0.0361. The van der Waals surface area contributed by atoms with Gasteiger partial charge in [-0.15, -0.1) is 10.2 Å². The molecule has 1 saturated heterocycles. The topological polar surface area (TPSA) is 83.4 Å². The first-order valence-corrected chi connectivity index (χ1v) is 10.4. The molecule has 1 atom stereocenters. The zero-order valence-electron chi connectivity index (χ0n) is 15.6. The number of anilines is 1. The van der Waals surface area contributed by atoms with Crippen molar-refractivity contribution in [2.24, 2.45) is 0 Å². The average molecular weight is 470 g/mol. The number of nitrogens with zero attached hydrogens (tertiary/aromatic N) is 3. The van der Waals surface area contributed by atoms with Crippen molar-refractivity contribution in [1.29, 1.82) is 0 Å². The third kappa shape index (κ3) is 3.49. The molecule has 0 saturated carbocycles. The van der Waals surface area contributed by atoms with Crippen molar-refractivity contribution in [2.45, 2.75) is 19.9 Å². The lowest BCUT2D eigenvalue weighted by molar-refractivity contribution is -0.132. The van der Waals surface area contributed by atoms with Gasteiger partial charge in [0.05, 0.1) is 11.6 Å². The van der Waals surface area contributed by atoms with Gasteiger partial charge in [-0.3, -0.25) is 14.5 Å². The maximum Gasteiger partial charge on any atom is 0.301 e. The molecule has 1 aromatic heterocycles. The number of aliphatic hydroxyl groups excluding tert-OH is 1. The van der Waals surface area contributed by atoms with E-state index >= 15 is 0 Å². The first kappa shape index (κ1) is 19.5. The number of hydrogen-bond acceptors (Lipinski definition) is 6. The van der Waals surface area contributed by atoms with Gasteiger partial charge in [-0.05, 0) is 31.5 Å². The quantitative estimate of drug-likeness (QED) is 0.345. The zero-order chi connectivity index (χ0) is 20.7. The Bertz CT molecular complexity index is 1140. The van der Waals surface area contributed by atoms with E-state index < -0.39 is 17.7 Å². The number of aliphatic hydroxyl groups is 1. The predicted molar refractivity (Wildman–Crippen MR) is 115 cm³/mol. The summed E-state index contributed by atoms with van der Waals surface area (Å²) in [6.45, 7) is 3.71. The van der Waals surface area contributed by atoms with E-state index in [1.54, 1.807) is 19.1 Å². The van der Waals surface area contributed by atoms with E-state index in [0.717, 1.165) is 10.0 Å². The fraction of sp³-hybridized carbons (Fsp3) is 0.143. The summed E-state index contributed by atoms with van der Waals surface area (Å²) in [5, 5.41) is 20.0. The van der Waals surface area contributed by atoms with Gasteiger partial charge in [0, 0.05) is 10.0 Å². The van der Waals surface area contributed by atoms with Crippen molar-refractivity contribution in [3.63, 3.8) is 0 Å². The number of aromatic nitrogens is 2. The molecule has 0 bridgehead atoms. The monoisotopic (exact) mass is 469 g/mol. The zero-order valence-corrected chi connectivity index (χ0v) is 18.0. The fourth-order valence-electron chi connectivity index (χ4n) is 3.24. The molecule has 1 aliphatic heterocycles. The Morgan fingerprint density at radius 2 is 1.69 bits per heavy atom. The van der Waals surface area contributed by atoms with E-state index in [0.29, 0.717) is 21.3 Å². The SMILES string of the molecule is Cc1ccc(/C(O)=C2/C(=O)C(=O)N(c3nnc(C)s3)C2c2ccc(Br)cc2)cc1. The Hall–Kier alpha value is -2.84. The normalized spacial score (nSPS) is 18.4. The maximum atomic E-state index is 13.0. The van der Waals surface area contributed by atoms with Crippen LogP contribution in [0.1, 0.15) is 27.7 Å². The number of rotatable bonds is 3. The molecule has 29 heavy (non-hydrogen) atoms. The van der Waals surface area contributed by atoms with Gasteiger partial charge >= 0.3 is 5.91 Å². The highest BCUT2D eigenvalue weighted by molar-refractivity contribution is 9.10. The van der Waals surface area contributed by atoms with Crippen molar-refractivity contribution >= 4 is 49.8 Å². The summed E-state index contributed by atoms with van der Waals surface area (Å²) in [5.74, 6) is -1.69. The van der Waals surface area contributed by atoms with Gasteiger partial charge in [0.15, 0.2) is 0 Å². The maximum absolute atomic E-state index is 13.0. The summed E-state index contributed by atoms with van der Waals surface area (Å²) in [4.78, 5) is 27.2. The van der Waals surface area contributed by atoms with E-state index in [1.165, 1.54) is 16.2 Å². The molecule has 0 radical (unpaired) electrons. The van der Waals surface area contributed by atoms with Crippen LogP contribution in [0.15, 0.2) is 58.6 Å². The summed E-state index contributed by atoms with van der Waals surface area (Å²) in [7, 11) is 0. The van der Waals surface area contributed by atoms with Gasteiger partial charge in [-0.25, -0.2) is 0 Å². The molecular weight excluding hydrogens is 454 g/mol. The standard InChI is InChI=1S/C21H16BrN3O3S/c1-11-3-5-14(6-4-11)18(26)16-17(13-7-9-15(22)10-8-13)25(20(28)19(16)27)21-24-23-12(2)29-21/h3-10,17,26H,1-2H3/b18-16-. The fourth-order valence-corrected chi connectivity index (χ4v) is 4.22. The third-order valence-corrected chi connectivity index (χ3v) is 6.04. The van der Waals surface area contributed by atoms with E-state index in [-0.39, 0.29) is 11.3 Å². The van der Waals surface area contributed by atoms with Crippen LogP contribution in [0.5, 0.6) is 0 Å². The van der Waals surface area contributed by atoms with Crippen LogP contribution in [0, 0.1) is 13.8 Å². The number of Topliss-reactive ketones (excluding diaryl/α,β-unsaturated/α-hetero) is 1. The molecule has 1 amide bonds. The van der Waals surface area contributed by atoms with Crippen molar-refractivity contribution < 1.29 is 14.7 Å². The Kier molecular flexibility index (Phi) is 5.06. The second-order valence-electron chi connectivity index (χ2n) is 6.69. The minimum Gasteiger partial charge on any atom is -0.507 e. The Morgan fingerprint density at radius 3 is 2.28 bits per heavy atom. The van der Waals surface area contributed by atoms with Gasteiger partial charge in [-0.2, -0.15) is 0 Å². The van der Waals surface area contributed by atoms with Crippen LogP contribution in [0.4, 0.5) is 5.13 Å². The second kappa shape index (κ2) is 7.53. The summed E-state index contributed by atoms with van der Waals surface area (Å²) in [6, 6.07) is 13.6. The van der Waals surface area contributed by atoms with E-state index in [2.05, 4.69) is 26.1 Å². The molecule has 2 heterocycles. The van der Waals surface area contributed by atoms with Gasteiger partial charge < -0.3 is 5.11 Å². The third-order valence-electron chi connectivity index (χ3n) is 4.68. The lowest BCUT2D eigenvalue weighted by atomic mass is 9.95. The number of hydrogen-bond donors (Lipinski definition) is 1. The van der Waals surface area contributed by atoms with Crippen LogP contribution in [0.25, 0.3) is 5.76 Å². The average Bonchev–Trinajstić information content (AvgIpc) is 3.24. The molecule has 4 rings (SSSR count). The summed E-state index contributed by atoms with van der Waals surface area (Å²) >= 11 is 4.62. The number of ketones is 1. The molecule has 0 aliphatic carbocycles. The molecule has 1 aliphatic rings. The van der Waals surface area contributed by atoms with Crippen molar-refractivity contribution in [3.8, 4) is 0 Å². The molecule has 2 aromatic carbocycles. The Balaban J connectivity index is 1.93. The lowest BCUT2D eigenvalue weighted by Crippen LogP contribution is -2.29. The smallest absolute Gasteiger partial charge is 0.301 e. The molecule has 3 aromatic rings. The Labute approximate surface area is 179 Å². The predicted octanol–water partition coefficient (Wildman–Crippen LogP) is 4.54. The number of carbonyl (C=O) groups is 2. The highest BCUT2D eigenvalue weighted by atomic mass is 79.9. The number of aryl methyl sites for hydroxylation is 2. The Morgan fingerprint density at radius 1 is 1.03 bits per heavy atom. The van der Waals surface area contributed by atoms with E-state index in [9.17, 15) is 14.7 Å². The molecule has 146 valence electrons. The van der Waals surface area contributed by atoms with Gasteiger partial charge in [0.25, 0.3) is 5.78 Å².